The number of ether oxygens (including phenoxy) is 2. The van der Waals surface area contributed by atoms with Gasteiger partial charge in [-0.3, -0.25) is 4.79 Å². The Bertz CT molecular complexity index is 478. The van der Waals surface area contributed by atoms with E-state index >= 15 is 0 Å². The third kappa shape index (κ3) is 7.44. The third-order valence-corrected chi connectivity index (χ3v) is 2.34. The van der Waals surface area contributed by atoms with Crippen LogP contribution in [0.2, 0.25) is 0 Å². The normalized spacial score (nSPS) is 12.2. The van der Waals surface area contributed by atoms with E-state index in [1.165, 1.54) is 6.07 Å². The van der Waals surface area contributed by atoms with Crippen molar-refractivity contribution in [3.8, 4) is 0 Å². The molecule has 115 valence electrons. The second kappa shape index (κ2) is 8.92. The smallest absolute Gasteiger partial charge is 0.354 e. The van der Waals surface area contributed by atoms with Gasteiger partial charge in [-0.15, -0.1) is 0 Å². The number of aromatic nitrogens is 1. The summed E-state index contributed by atoms with van der Waals surface area (Å²) in [6.45, 7) is 7.24. The summed E-state index contributed by atoms with van der Waals surface area (Å²) in [5.41, 5.74) is 0.0202. The summed E-state index contributed by atoms with van der Waals surface area (Å²) < 4.78 is 9.94. The van der Waals surface area contributed by atoms with Crippen LogP contribution in [0, 0.1) is 44.1 Å². The molecule has 0 spiro atoms. The predicted molar refractivity (Wildman–Crippen MR) is 72.2 cm³/mol. The summed E-state index contributed by atoms with van der Waals surface area (Å²) in [6.07, 6.45) is -1.23. The number of H-pyrrole nitrogens is 1. The molecular weight excluding hydrogens is 489 g/mol. The molecule has 1 heterocycles. The molecule has 0 amide bonds. The molecule has 0 saturated heterocycles. The maximum absolute atomic E-state index is 11.6. The third-order valence-electron chi connectivity index (χ3n) is 2.34. The zero-order chi connectivity index (χ0) is 15.3. The number of nitrogens with one attached hydrogen (secondary N) is 1. The SMILES string of the molecule is CCOC(=O)c1ccc(C(O)CC(=O)OC(C)(C)C)[nH]1.[Ac]. The van der Waals surface area contributed by atoms with Crippen LogP contribution < -0.4 is 0 Å². The summed E-state index contributed by atoms with van der Waals surface area (Å²) in [7, 11) is 0. The van der Waals surface area contributed by atoms with Gasteiger partial charge in [0.1, 0.15) is 17.4 Å². The van der Waals surface area contributed by atoms with Gasteiger partial charge in [-0.05, 0) is 39.8 Å². The van der Waals surface area contributed by atoms with E-state index in [2.05, 4.69) is 4.98 Å². The van der Waals surface area contributed by atoms with Crippen molar-refractivity contribution < 1.29 is 68.2 Å². The second-order valence-corrected chi connectivity index (χ2v) is 5.35. The summed E-state index contributed by atoms with van der Waals surface area (Å²) in [6, 6.07) is 3.05. The Kier molecular flexibility index (Phi) is 8.76. The van der Waals surface area contributed by atoms with Crippen LogP contribution in [0.4, 0.5) is 0 Å². The van der Waals surface area contributed by atoms with Crippen LogP contribution in [0.25, 0.3) is 0 Å². The van der Waals surface area contributed by atoms with Crippen LogP contribution in [-0.2, 0) is 14.3 Å². The number of aliphatic hydroxyl groups is 1. The Hall–Kier alpha value is -0.378. The average Bonchev–Trinajstić information content (AvgIpc) is 2.75. The van der Waals surface area contributed by atoms with E-state index in [1.54, 1.807) is 33.8 Å². The first-order valence-corrected chi connectivity index (χ1v) is 6.49. The van der Waals surface area contributed by atoms with Gasteiger partial charge in [-0.25, -0.2) is 4.79 Å². The number of carbonyl (C=O) groups is 2. The average molecular weight is 510 g/mol. The van der Waals surface area contributed by atoms with Crippen molar-refractivity contribution in [1.29, 1.82) is 0 Å². The van der Waals surface area contributed by atoms with Crippen LogP contribution in [0.1, 0.15) is 56.4 Å². The molecule has 6 nitrogen and oxygen atoms in total. The molecule has 1 rings (SSSR count). The van der Waals surface area contributed by atoms with Gasteiger partial charge in [0.2, 0.25) is 0 Å². The Morgan fingerprint density at radius 3 is 2.48 bits per heavy atom. The van der Waals surface area contributed by atoms with Gasteiger partial charge in [0, 0.05) is 49.8 Å². The van der Waals surface area contributed by atoms with E-state index in [0.29, 0.717) is 5.69 Å². The number of aromatic amines is 1. The zero-order valence-corrected chi connectivity index (χ0v) is 17.5. The number of hydrogen-bond acceptors (Lipinski definition) is 5. The fourth-order valence-electron chi connectivity index (χ4n) is 1.59. The van der Waals surface area contributed by atoms with Crippen molar-refractivity contribution in [2.75, 3.05) is 6.61 Å². The van der Waals surface area contributed by atoms with E-state index in [4.69, 9.17) is 9.47 Å². The quantitative estimate of drug-likeness (QED) is 0.592. The predicted octanol–water partition coefficient (Wildman–Crippen LogP) is 1.96. The van der Waals surface area contributed by atoms with Gasteiger partial charge in [0.05, 0.1) is 13.0 Å². The van der Waals surface area contributed by atoms with Crippen molar-refractivity contribution >= 4 is 11.9 Å². The fraction of sp³-hybridized carbons (Fsp3) is 0.571. The van der Waals surface area contributed by atoms with Crippen molar-refractivity contribution in [2.24, 2.45) is 0 Å². The Morgan fingerprint density at radius 2 is 1.95 bits per heavy atom. The first kappa shape index (κ1) is 20.6. The molecule has 21 heavy (non-hydrogen) atoms. The molecule has 1 aromatic rings. The molecular formula is C14H21AcNO5. The fourth-order valence-corrected chi connectivity index (χ4v) is 1.59. The van der Waals surface area contributed by atoms with E-state index < -0.39 is 23.6 Å². The van der Waals surface area contributed by atoms with Crippen LogP contribution in [0.15, 0.2) is 12.1 Å². The largest absolute Gasteiger partial charge is 0.461 e. The van der Waals surface area contributed by atoms with Crippen LogP contribution in [0.5, 0.6) is 0 Å². The molecule has 0 aliphatic heterocycles. The van der Waals surface area contributed by atoms with E-state index in [9.17, 15) is 14.7 Å². The first-order valence-electron chi connectivity index (χ1n) is 6.49. The molecule has 0 saturated carbocycles. The van der Waals surface area contributed by atoms with Crippen molar-refractivity contribution in [2.45, 2.75) is 45.8 Å². The van der Waals surface area contributed by atoms with E-state index in [-0.39, 0.29) is 62.8 Å². The molecule has 0 fully saturated rings. The van der Waals surface area contributed by atoms with Crippen molar-refractivity contribution in [3.63, 3.8) is 0 Å². The molecule has 0 bridgehead atoms. The minimum atomic E-state index is -1.05. The second-order valence-electron chi connectivity index (χ2n) is 5.35. The Balaban J connectivity index is 0.00000400. The summed E-state index contributed by atoms with van der Waals surface area (Å²) in [5, 5.41) is 9.93. The number of aliphatic hydroxyl groups excluding tert-OH is 1. The summed E-state index contributed by atoms with van der Waals surface area (Å²) in [4.78, 5) is 25.8. The number of hydrogen-bond donors (Lipinski definition) is 2. The Morgan fingerprint density at radius 1 is 1.33 bits per heavy atom. The van der Waals surface area contributed by atoms with Crippen molar-refractivity contribution in [1.82, 2.24) is 4.98 Å². The van der Waals surface area contributed by atoms with Gasteiger partial charge < -0.3 is 19.6 Å². The maximum Gasteiger partial charge on any atom is 0.354 e. The van der Waals surface area contributed by atoms with Crippen molar-refractivity contribution in [3.05, 3.63) is 23.5 Å². The Labute approximate surface area is 160 Å². The molecule has 1 radical (unpaired) electrons. The molecule has 0 aromatic carbocycles. The van der Waals surface area contributed by atoms with E-state index in [0.717, 1.165) is 0 Å². The monoisotopic (exact) mass is 510 g/mol. The minimum Gasteiger partial charge on any atom is -0.461 e. The van der Waals surface area contributed by atoms with Gasteiger partial charge in [-0.1, -0.05) is 0 Å². The standard InChI is InChI=1S/C14H21NO5.Ac/c1-5-19-13(18)10-7-6-9(15-10)11(16)8-12(17)20-14(2,3)4;/h6-7,11,15-16H,5,8H2,1-4H3;. The number of rotatable bonds is 5. The topological polar surface area (TPSA) is 88.6 Å². The maximum atomic E-state index is 11.6. The molecule has 1 unspecified atom stereocenters. The first-order chi connectivity index (χ1) is 9.23. The zero-order valence-electron chi connectivity index (χ0n) is 12.8. The van der Waals surface area contributed by atoms with Gasteiger partial charge in [-0.2, -0.15) is 0 Å². The summed E-state index contributed by atoms with van der Waals surface area (Å²) >= 11 is 0. The van der Waals surface area contributed by atoms with Gasteiger partial charge >= 0.3 is 11.9 Å². The number of esters is 2. The molecule has 1 atom stereocenters. The van der Waals surface area contributed by atoms with Crippen LogP contribution in [-0.4, -0.2) is 34.2 Å². The van der Waals surface area contributed by atoms with Gasteiger partial charge in [0.25, 0.3) is 0 Å². The minimum absolute atomic E-state index is 0. The molecule has 2 N–H and O–H groups in total. The van der Waals surface area contributed by atoms with Crippen LogP contribution >= 0.6 is 0 Å². The summed E-state index contributed by atoms with van der Waals surface area (Å²) in [5.74, 6) is -1.000. The van der Waals surface area contributed by atoms with Crippen LogP contribution in [0.3, 0.4) is 0 Å². The molecule has 0 aliphatic rings. The molecule has 0 aliphatic carbocycles. The number of carbonyl (C=O) groups excluding carboxylic acids is 2. The molecule has 1 aromatic heterocycles. The van der Waals surface area contributed by atoms with E-state index in [1.807, 2.05) is 0 Å². The molecule has 7 heteroatoms. The van der Waals surface area contributed by atoms with Gasteiger partial charge in [0.15, 0.2) is 0 Å².